The number of ether oxygens (including phenoxy) is 1. The van der Waals surface area contributed by atoms with Crippen molar-refractivity contribution < 1.29 is 22.8 Å². The van der Waals surface area contributed by atoms with Crippen molar-refractivity contribution in [1.82, 2.24) is 0 Å². The molecule has 0 amide bonds. The fraction of sp³-hybridized carbons (Fsp3) is 0.571. The highest BCUT2D eigenvalue weighted by atomic mass is 19.3. The smallest absolute Gasteiger partial charge is 0.295 e. The van der Waals surface area contributed by atoms with Crippen LogP contribution in [0.25, 0.3) is 0 Å². The Morgan fingerprint density at radius 1 is 1.30 bits per heavy atom. The highest BCUT2D eigenvalue weighted by Crippen LogP contribution is 2.41. The van der Waals surface area contributed by atoms with Gasteiger partial charge in [-0.1, -0.05) is 0 Å². The summed E-state index contributed by atoms with van der Waals surface area (Å²) >= 11 is 0. The molecule has 1 aromatic carbocycles. The van der Waals surface area contributed by atoms with Crippen LogP contribution < -0.4 is 10.2 Å². The minimum Gasteiger partial charge on any atom is -0.379 e. The molecule has 1 saturated heterocycles. The van der Waals surface area contributed by atoms with Crippen molar-refractivity contribution in [2.75, 3.05) is 36.5 Å². The van der Waals surface area contributed by atoms with Gasteiger partial charge in [-0.2, -0.15) is 0 Å². The molecule has 9 heteroatoms. The molecule has 0 bridgehead atoms. The van der Waals surface area contributed by atoms with Crippen LogP contribution in [-0.4, -0.2) is 43.2 Å². The molecule has 1 aliphatic heterocycles. The number of hydrogen-bond donors (Lipinski definition) is 1. The third kappa shape index (κ3) is 3.19. The summed E-state index contributed by atoms with van der Waals surface area (Å²) < 4.78 is 45.7. The van der Waals surface area contributed by atoms with Gasteiger partial charge in [-0.05, 0) is 6.07 Å². The molecule has 1 N–H and O–H groups in total. The van der Waals surface area contributed by atoms with Crippen molar-refractivity contribution in [2.45, 2.75) is 24.8 Å². The van der Waals surface area contributed by atoms with Crippen molar-refractivity contribution in [3.8, 4) is 0 Å². The molecule has 126 valence electrons. The first kappa shape index (κ1) is 15.9. The summed E-state index contributed by atoms with van der Waals surface area (Å²) in [4.78, 5) is 12.1. The van der Waals surface area contributed by atoms with Gasteiger partial charge in [0.05, 0.1) is 23.8 Å². The zero-order chi connectivity index (χ0) is 16.6. The van der Waals surface area contributed by atoms with E-state index in [0.29, 0.717) is 26.3 Å². The van der Waals surface area contributed by atoms with Crippen molar-refractivity contribution in [3.63, 3.8) is 0 Å². The lowest BCUT2D eigenvalue weighted by Crippen LogP contribution is -2.44. The Kier molecular flexibility index (Phi) is 4.05. The molecule has 0 aromatic heterocycles. The summed E-state index contributed by atoms with van der Waals surface area (Å²) in [5.74, 6) is -3.50. The Labute approximate surface area is 130 Å². The maximum absolute atomic E-state index is 14.8. The highest BCUT2D eigenvalue weighted by Gasteiger charge is 2.45. The topological polar surface area (TPSA) is 67.6 Å². The monoisotopic (exact) mass is 331 g/mol. The largest absolute Gasteiger partial charge is 0.379 e. The Bertz CT molecular complexity index is 613. The van der Waals surface area contributed by atoms with Gasteiger partial charge in [0, 0.05) is 38.0 Å². The Morgan fingerprint density at radius 3 is 2.52 bits per heavy atom. The van der Waals surface area contributed by atoms with E-state index in [2.05, 4.69) is 5.32 Å². The molecule has 6 nitrogen and oxygen atoms in total. The molecular weight excluding hydrogens is 315 g/mol. The average Bonchev–Trinajstić information content (AvgIpc) is 2.47. The van der Waals surface area contributed by atoms with Gasteiger partial charge in [-0.3, -0.25) is 10.1 Å². The second kappa shape index (κ2) is 5.88. The molecule has 0 radical (unpaired) electrons. The predicted octanol–water partition coefficient (Wildman–Crippen LogP) is 2.78. The number of nitro groups is 1. The minimum atomic E-state index is -2.72. The van der Waals surface area contributed by atoms with Crippen LogP contribution in [-0.2, 0) is 4.74 Å². The van der Waals surface area contributed by atoms with Crippen LogP contribution in [0.15, 0.2) is 12.1 Å². The van der Waals surface area contributed by atoms with Crippen LogP contribution in [0.3, 0.4) is 0 Å². The molecule has 0 unspecified atom stereocenters. The summed E-state index contributed by atoms with van der Waals surface area (Å²) in [6.07, 6.45) is -0.730. The maximum atomic E-state index is 14.8. The molecule has 3 rings (SSSR count). The molecule has 1 saturated carbocycles. The van der Waals surface area contributed by atoms with Gasteiger partial charge < -0.3 is 15.0 Å². The van der Waals surface area contributed by atoms with Crippen LogP contribution in [0.1, 0.15) is 12.8 Å². The molecule has 0 spiro atoms. The van der Waals surface area contributed by atoms with E-state index in [9.17, 15) is 23.3 Å². The number of halogens is 3. The quantitative estimate of drug-likeness (QED) is 0.679. The number of alkyl halides is 2. The van der Waals surface area contributed by atoms with Crippen molar-refractivity contribution in [1.29, 1.82) is 0 Å². The van der Waals surface area contributed by atoms with Crippen LogP contribution in [0, 0.1) is 15.9 Å². The summed E-state index contributed by atoms with van der Waals surface area (Å²) in [5, 5.41) is 13.9. The van der Waals surface area contributed by atoms with E-state index >= 15 is 0 Å². The van der Waals surface area contributed by atoms with E-state index in [4.69, 9.17) is 4.74 Å². The highest BCUT2D eigenvalue weighted by molar-refractivity contribution is 5.71. The van der Waals surface area contributed by atoms with E-state index in [1.807, 2.05) is 0 Å². The zero-order valence-electron chi connectivity index (χ0n) is 12.2. The van der Waals surface area contributed by atoms with Crippen LogP contribution >= 0.6 is 0 Å². The maximum Gasteiger partial charge on any atom is 0.295 e. The molecular formula is C14H16F3N3O3. The number of rotatable bonds is 4. The Morgan fingerprint density at radius 2 is 1.96 bits per heavy atom. The van der Waals surface area contributed by atoms with Gasteiger partial charge in [0.1, 0.15) is 0 Å². The van der Waals surface area contributed by atoms with Gasteiger partial charge in [0.2, 0.25) is 0 Å². The van der Waals surface area contributed by atoms with Crippen molar-refractivity contribution >= 4 is 17.1 Å². The number of benzene rings is 1. The number of hydrogen-bond acceptors (Lipinski definition) is 5. The molecule has 2 fully saturated rings. The average molecular weight is 331 g/mol. The normalized spacial score (nSPS) is 20.9. The van der Waals surface area contributed by atoms with Crippen LogP contribution in [0.2, 0.25) is 0 Å². The summed E-state index contributed by atoms with van der Waals surface area (Å²) in [5.41, 5.74) is -0.444. The van der Waals surface area contributed by atoms with Crippen LogP contribution in [0.4, 0.5) is 30.2 Å². The van der Waals surface area contributed by atoms with E-state index in [1.165, 1.54) is 12.1 Å². The standard InChI is InChI=1S/C14H16F3N3O3/c15-12-10(18-9-7-14(16,17)8-9)1-2-11(20(21)22)13(12)19-3-5-23-6-4-19/h1-2,9,18H,3-8H2. The van der Waals surface area contributed by atoms with Gasteiger partial charge in [-0.25, -0.2) is 13.2 Å². The molecule has 1 aromatic rings. The molecule has 1 aliphatic carbocycles. The lowest BCUT2D eigenvalue weighted by atomic mass is 9.88. The fourth-order valence-corrected chi connectivity index (χ4v) is 2.88. The van der Waals surface area contributed by atoms with Crippen LogP contribution in [0.5, 0.6) is 0 Å². The zero-order valence-corrected chi connectivity index (χ0v) is 12.2. The van der Waals surface area contributed by atoms with Crippen molar-refractivity contribution in [3.05, 3.63) is 28.1 Å². The van der Waals surface area contributed by atoms with E-state index in [0.717, 1.165) is 0 Å². The predicted molar refractivity (Wildman–Crippen MR) is 77.7 cm³/mol. The first-order chi connectivity index (χ1) is 10.9. The van der Waals surface area contributed by atoms with E-state index < -0.39 is 22.7 Å². The van der Waals surface area contributed by atoms with E-state index in [-0.39, 0.29) is 29.9 Å². The molecule has 2 aliphatic rings. The second-order valence-electron chi connectivity index (χ2n) is 5.76. The lowest BCUT2D eigenvalue weighted by Gasteiger charge is -2.36. The van der Waals surface area contributed by atoms with Gasteiger partial charge in [0.25, 0.3) is 11.6 Å². The minimum absolute atomic E-state index is 0.0117. The van der Waals surface area contributed by atoms with Gasteiger partial charge >= 0.3 is 0 Å². The number of nitrogens with zero attached hydrogens (tertiary/aromatic N) is 2. The summed E-state index contributed by atoms with van der Waals surface area (Å²) in [6, 6.07) is 1.90. The third-order valence-electron chi connectivity index (χ3n) is 4.07. The summed E-state index contributed by atoms with van der Waals surface area (Å²) in [7, 11) is 0. The third-order valence-corrected chi connectivity index (χ3v) is 4.07. The first-order valence-electron chi connectivity index (χ1n) is 7.31. The first-order valence-corrected chi connectivity index (χ1v) is 7.31. The SMILES string of the molecule is O=[N+]([O-])c1ccc(NC2CC(F)(F)C2)c(F)c1N1CCOCC1. The fourth-order valence-electron chi connectivity index (χ4n) is 2.88. The van der Waals surface area contributed by atoms with Crippen molar-refractivity contribution in [2.24, 2.45) is 0 Å². The van der Waals surface area contributed by atoms with E-state index in [1.54, 1.807) is 4.90 Å². The summed E-state index contributed by atoms with van der Waals surface area (Å²) in [6.45, 7) is 1.37. The molecule has 1 heterocycles. The Hall–Kier alpha value is -2.03. The Balaban J connectivity index is 1.88. The number of anilines is 2. The number of morpholine rings is 1. The lowest BCUT2D eigenvalue weighted by molar-refractivity contribution is -0.384. The number of nitro benzene ring substituents is 1. The van der Waals surface area contributed by atoms with Gasteiger partial charge in [0.15, 0.2) is 11.5 Å². The molecule has 23 heavy (non-hydrogen) atoms. The second-order valence-corrected chi connectivity index (χ2v) is 5.76. The van der Waals surface area contributed by atoms with Gasteiger partial charge in [-0.15, -0.1) is 0 Å². The number of nitrogens with one attached hydrogen (secondary N) is 1. The molecule has 0 atom stereocenters.